The number of pyridine rings is 1. The highest BCUT2D eigenvalue weighted by atomic mass is 19.1. The molecule has 0 unspecified atom stereocenters. The van der Waals surface area contributed by atoms with Crippen LogP contribution in [0.1, 0.15) is 17.2 Å². The smallest absolute Gasteiger partial charge is 0.152 e. The quantitative estimate of drug-likeness (QED) is 0.760. The Balaban J connectivity index is 1.79. The number of halogens is 2. The SMILES string of the molecule is O[C@@H]1Cc2ccccc2[C@@H]1Nc1ccnc2c(F)cc(F)cc12. The summed E-state index contributed by atoms with van der Waals surface area (Å²) in [5, 5.41) is 13.9. The number of rotatable bonds is 2. The Morgan fingerprint density at radius 2 is 1.96 bits per heavy atom. The molecule has 2 atom stereocenters. The van der Waals surface area contributed by atoms with Gasteiger partial charge in [0, 0.05) is 29.8 Å². The van der Waals surface area contributed by atoms with Crippen molar-refractivity contribution in [2.24, 2.45) is 0 Å². The van der Waals surface area contributed by atoms with Gasteiger partial charge in [0.1, 0.15) is 11.3 Å². The van der Waals surface area contributed by atoms with E-state index < -0.39 is 17.7 Å². The van der Waals surface area contributed by atoms with Gasteiger partial charge in [0.2, 0.25) is 0 Å². The van der Waals surface area contributed by atoms with Crippen molar-refractivity contribution in [3.8, 4) is 0 Å². The average Bonchev–Trinajstić information content (AvgIpc) is 2.84. The minimum atomic E-state index is -0.698. The summed E-state index contributed by atoms with van der Waals surface area (Å²) >= 11 is 0. The van der Waals surface area contributed by atoms with E-state index in [0.29, 0.717) is 17.5 Å². The molecule has 116 valence electrons. The van der Waals surface area contributed by atoms with Gasteiger partial charge in [-0.3, -0.25) is 4.98 Å². The first-order chi connectivity index (χ1) is 11.1. The molecule has 1 aliphatic carbocycles. The Morgan fingerprint density at radius 1 is 1.13 bits per heavy atom. The van der Waals surface area contributed by atoms with E-state index in [-0.39, 0.29) is 11.6 Å². The number of nitrogens with zero attached hydrogens (tertiary/aromatic N) is 1. The maximum Gasteiger partial charge on any atom is 0.152 e. The fourth-order valence-corrected chi connectivity index (χ4v) is 3.22. The number of aliphatic hydroxyl groups is 1. The normalized spacial score (nSPS) is 19.8. The molecule has 1 aliphatic rings. The molecule has 4 rings (SSSR count). The van der Waals surface area contributed by atoms with Crippen LogP contribution in [-0.4, -0.2) is 16.2 Å². The van der Waals surface area contributed by atoms with Gasteiger partial charge in [-0.25, -0.2) is 8.78 Å². The number of aliphatic hydroxyl groups excluding tert-OH is 1. The van der Waals surface area contributed by atoms with Crippen molar-refractivity contribution >= 4 is 16.6 Å². The van der Waals surface area contributed by atoms with Crippen LogP contribution in [0.2, 0.25) is 0 Å². The zero-order valence-electron chi connectivity index (χ0n) is 12.1. The van der Waals surface area contributed by atoms with Crippen LogP contribution < -0.4 is 5.32 Å². The lowest BCUT2D eigenvalue weighted by Crippen LogP contribution is -2.21. The Hall–Kier alpha value is -2.53. The molecule has 0 radical (unpaired) electrons. The van der Waals surface area contributed by atoms with Crippen LogP contribution in [-0.2, 0) is 6.42 Å². The maximum absolute atomic E-state index is 13.9. The second-order valence-corrected chi connectivity index (χ2v) is 5.73. The van der Waals surface area contributed by atoms with Gasteiger partial charge in [-0.1, -0.05) is 24.3 Å². The molecule has 0 saturated carbocycles. The molecule has 0 bridgehead atoms. The molecular formula is C18H14F2N2O. The summed E-state index contributed by atoms with van der Waals surface area (Å²) in [7, 11) is 0. The Bertz CT molecular complexity index is 897. The highest BCUT2D eigenvalue weighted by Crippen LogP contribution is 2.36. The van der Waals surface area contributed by atoms with Crippen LogP contribution in [0.15, 0.2) is 48.7 Å². The minimum absolute atomic E-state index is 0.108. The van der Waals surface area contributed by atoms with Gasteiger partial charge in [0.25, 0.3) is 0 Å². The van der Waals surface area contributed by atoms with Crippen molar-refractivity contribution < 1.29 is 13.9 Å². The largest absolute Gasteiger partial charge is 0.390 e. The zero-order valence-corrected chi connectivity index (χ0v) is 12.1. The van der Waals surface area contributed by atoms with Crippen LogP contribution in [0.4, 0.5) is 14.5 Å². The minimum Gasteiger partial charge on any atom is -0.390 e. The second-order valence-electron chi connectivity index (χ2n) is 5.73. The molecule has 0 saturated heterocycles. The molecule has 1 heterocycles. The van der Waals surface area contributed by atoms with E-state index in [1.54, 1.807) is 6.07 Å². The summed E-state index contributed by atoms with van der Waals surface area (Å²) in [6.07, 6.45) is 1.44. The van der Waals surface area contributed by atoms with Gasteiger partial charge in [-0.15, -0.1) is 0 Å². The third-order valence-electron chi connectivity index (χ3n) is 4.28. The van der Waals surface area contributed by atoms with Crippen LogP contribution in [0, 0.1) is 11.6 Å². The number of hydrogen-bond acceptors (Lipinski definition) is 3. The average molecular weight is 312 g/mol. The molecule has 0 amide bonds. The zero-order chi connectivity index (χ0) is 16.0. The third kappa shape index (κ3) is 2.33. The molecule has 0 fully saturated rings. The van der Waals surface area contributed by atoms with Gasteiger partial charge in [-0.05, 0) is 23.3 Å². The molecular weight excluding hydrogens is 298 g/mol. The number of hydrogen-bond donors (Lipinski definition) is 2. The lowest BCUT2D eigenvalue weighted by Gasteiger charge is -2.20. The van der Waals surface area contributed by atoms with E-state index in [4.69, 9.17) is 0 Å². The number of anilines is 1. The summed E-state index contributed by atoms with van der Waals surface area (Å²) < 4.78 is 27.4. The number of fused-ring (bicyclic) bond motifs is 2. The summed E-state index contributed by atoms with van der Waals surface area (Å²) in [6, 6.07) is 11.2. The van der Waals surface area contributed by atoms with Crippen molar-refractivity contribution in [2.75, 3.05) is 5.32 Å². The van der Waals surface area contributed by atoms with E-state index in [2.05, 4.69) is 10.3 Å². The van der Waals surface area contributed by atoms with Crippen molar-refractivity contribution in [1.29, 1.82) is 0 Å². The van der Waals surface area contributed by atoms with Crippen molar-refractivity contribution in [3.05, 3.63) is 71.4 Å². The molecule has 3 aromatic rings. The lowest BCUT2D eigenvalue weighted by atomic mass is 10.1. The highest BCUT2D eigenvalue weighted by molar-refractivity contribution is 5.91. The molecule has 0 spiro atoms. The van der Waals surface area contributed by atoms with E-state index in [1.807, 2.05) is 24.3 Å². The second kappa shape index (κ2) is 5.28. The molecule has 1 aromatic heterocycles. The first-order valence-electron chi connectivity index (χ1n) is 7.39. The third-order valence-corrected chi connectivity index (χ3v) is 4.28. The van der Waals surface area contributed by atoms with Crippen LogP contribution >= 0.6 is 0 Å². The maximum atomic E-state index is 13.9. The van der Waals surface area contributed by atoms with Crippen molar-refractivity contribution in [2.45, 2.75) is 18.6 Å². The first kappa shape index (κ1) is 14.1. The van der Waals surface area contributed by atoms with Crippen LogP contribution in [0.3, 0.4) is 0 Å². The Labute approximate surface area is 131 Å². The Morgan fingerprint density at radius 3 is 2.83 bits per heavy atom. The molecule has 3 nitrogen and oxygen atoms in total. The standard InChI is InChI=1S/C18H14F2N2O/c19-11-8-13-15(5-6-21-17(13)14(20)9-11)22-18-12-4-2-1-3-10(12)7-16(18)23/h1-6,8-9,16,18,23H,7H2,(H,21,22)/t16-,18+/m1/s1. The first-order valence-corrected chi connectivity index (χ1v) is 7.39. The van der Waals surface area contributed by atoms with Gasteiger partial charge in [-0.2, -0.15) is 0 Å². The van der Waals surface area contributed by atoms with Gasteiger partial charge in [0.15, 0.2) is 5.82 Å². The fraction of sp³-hybridized carbons (Fsp3) is 0.167. The number of aromatic nitrogens is 1. The highest BCUT2D eigenvalue weighted by Gasteiger charge is 2.31. The van der Waals surface area contributed by atoms with Crippen LogP contribution in [0.5, 0.6) is 0 Å². The molecule has 0 aliphatic heterocycles. The molecule has 5 heteroatoms. The predicted molar refractivity (Wildman–Crippen MR) is 84.2 cm³/mol. The summed E-state index contributed by atoms with van der Waals surface area (Å²) in [6.45, 7) is 0. The van der Waals surface area contributed by atoms with E-state index in [0.717, 1.165) is 17.2 Å². The van der Waals surface area contributed by atoms with Crippen molar-refractivity contribution in [3.63, 3.8) is 0 Å². The number of nitrogens with one attached hydrogen (secondary N) is 1. The summed E-state index contributed by atoms with van der Waals surface area (Å²) in [4.78, 5) is 3.98. The van der Waals surface area contributed by atoms with Gasteiger partial charge < -0.3 is 10.4 Å². The van der Waals surface area contributed by atoms with E-state index in [9.17, 15) is 13.9 Å². The van der Waals surface area contributed by atoms with Gasteiger partial charge >= 0.3 is 0 Å². The predicted octanol–water partition coefficient (Wildman–Crippen LogP) is 3.58. The van der Waals surface area contributed by atoms with Crippen molar-refractivity contribution in [1.82, 2.24) is 4.98 Å². The lowest BCUT2D eigenvalue weighted by molar-refractivity contribution is 0.166. The topological polar surface area (TPSA) is 45.1 Å². The molecule has 2 aromatic carbocycles. The van der Waals surface area contributed by atoms with Crippen LogP contribution in [0.25, 0.3) is 10.9 Å². The van der Waals surface area contributed by atoms with E-state index >= 15 is 0 Å². The summed E-state index contributed by atoms with van der Waals surface area (Å²) in [5.74, 6) is -1.35. The monoisotopic (exact) mass is 312 g/mol. The molecule has 23 heavy (non-hydrogen) atoms. The Kier molecular flexibility index (Phi) is 3.23. The molecule has 2 N–H and O–H groups in total. The summed E-state index contributed by atoms with van der Waals surface area (Å²) in [5.41, 5.74) is 2.74. The van der Waals surface area contributed by atoms with E-state index in [1.165, 1.54) is 12.3 Å². The fourth-order valence-electron chi connectivity index (χ4n) is 3.22. The van der Waals surface area contributed by atoms with Gasteiger partial charge in [0.05, 0.1) is 12.1 Å². The number of benzene rings is 2.